The van der Waals surface area contributed by atoms with Gasteiger partial charge in [-0.1, -0.05) is 48.9 Å². The fourth-order valence-corrected chi connectivity index (χ4v) is 7.66. The molecule has 6 nitrogen and oxygen atoms in total. The fourth-order valence-electron chi connectivity index (χ4n) is 4.59. The number of sulfonamides is 1. The summed E-state index contributed by atoms with van der Waals surface area (Å²) in [6.07, 6.45) is 2.18. The Labute approximate surface area is 228 Å². The number of anilines is 1. The Balaban J connectivity index is 1.81. The first-order chi connectivity index (χ1) is 17.8. The monoisotopic (exact) mass is 577 g/mol. The molecule has 10 heteroatoms. The Bertz CT molecular complexity index is 1600. The van der Waals surface area contributed by atoms with Crippen LogP contribution in [0.1, 0.15) is 30.5 Å². The molecule has 3 aromatic carbocycles. The zero-order chi connectivity index (χ0) is 27.8. The molecule has 1 heterocycles. The first-order valence-corrected chi connectivity index (χ1v) is 15.8. The lowest BCUT2D eigenvalue weighted by atomic mass is 10.0. The number of hydrogen-bond acceptors (Lipinski definition) is 5. The van der Waals surface area contributed by atoms with Crippen LogP contribution in [-0.2, 0) is 19.9 Å². The second-order valence-corrected chi connectivity index (χ2v) is 14.2. The van der Waals surface area contributed by atoms with E-state index in [2.05, 4.69) is 0 Å². The zero-order valence-electron chi connectivity index (χ0n) is 21.5. The molecule has 0 unspecified atom stereocenters. The molecule has 0 N–H and O–H groups in total. The van der Waals surface area contributed by atoms with Crippen molar-refractivity contribution in [3.05, 3.63) is 88.2 Å². The summed E-state index contributed by atoms with van der Waals surface area (Å²) in [6, 6.07) is 16.1. The van der Waals surface area contributed by atoms with Crippen LogP contribution in [0.4, 0.5) is 10.1 Å². The van der Waals surface area contributed by atoms with Gasteiger partial charge in [0.2, 0.25) is 0 Å². The van der Waals surface area contributed by atoms with E-state index in [1.165, 1.54) is 22.5 Å². The van der Waals surface area contributed by atoms with Crippen molar-refractivity contribution < 1.29 is 26.0 Å². The standard InChI is InChI=1S/C28H29ClFNO5S2/c1-18-7-5-8-22(13-18)38(34,35)31-16-27(20(3)17-37(4,32)33)36-26-12-11-21(15-25(26)31)14-19(2)28-23(29)9-6-10-24(28)30/h5-15,20,27H,16-17H2,1-4H3/b19-14+/t20-,27-/m0/s1. The summed E-state index contributed by atoms with van der Waals surface area (Å²) in [5.74, 6) is -0.747. The van der Waals surface area contributed by atoms with Crippen LogP contribution in [0.25, 0.3) is 11.6 Å². The highest BCUT2D eigenvalue weighted by molar-refractivity contribution is 7.92. The average molecular weight is 578 g/mol. The van der Waals surface area contributed by atoms with Gasteiger partial charge in [0.05, 0.1) is 27.9 Å². The van der Waals surface area contributed by atoms with E-state index in [0.29, 0.717) is 22.6 Å². The number of aryl methyl sites for hydroxylation is 1. The highest BCUT2D eigenvalue weighted by Crippen LogP contribution is 2.40. The molecular weight excluding hydrogens is 549 g/mol. The molecule has 0 fully saturated rings. The number of ether oxygens (including phenoxy) is 1. The van der Waals surface area contributed by atoms with Crippen LogP contribution in [0.5, 0.6) is 5.75 Å². The van der Waals surface area contributed by atoms with E-state index >= 15 is 0 Å². The van der Waals surface area contributed by atoms with Crippen molar-refractivity contribution in [2.45, 2.75) is 31.8 Å². The van der Waals surface area contributed by atoms with E-state index in [1.807, 2.05) is 13.0 Å². The first-order valence-electron chi connectivity index (χ1n) is 12.0. The Hall–Kier alpha value is -2.88. The van der Waals surface area contributed by atoms with Crippen LogP contribution in [0.2, 0.25) is 5.02 Å². The van der Waals surface area contributed by atoms with Gasteiger partial charge in [0.1, 0.15) is 27.5 Å². The molecule has 4 rings (SSSR count). The number of sulfone groups is 1. The molecule has 0 aliphatic carbocycles. The summed E-state index contributed by atoms with van der Waals surface area (Å²) in [7, 11) is -7.33. The SMILES string of the molecule is C/C(=C\c1ccc2c(c1)N(S(=O)(=O)c1cccc(C)c1)C[C@@H]([C@@H](C)CS(C)(=O)=O)O2)c1c(F)cccc1Cl. The van der Waals surface area contributed by atoms with Gasteiger partial charge in [-0.15, -0.1) is 0 Å². The summed E-state index contributed by atoms with van der Waals surface area (Å²) >= 11 is 6.23. The second-order valence-electron chi connectivity index (χ2n) is 9.73. The molecule has 0 radical (unpaired) electrons. The molecule has 0 amide bonds. The van der Waals surface area contributed by atoms with E-state index < -0.39 is 37.7 Å². The van der Waals surface area contributed by atoms with E-state index in [1.54, 1.807) is 56.3 Å². The molecule has 38 heavy (non-hydrogen) atoms. The normalized spacial score (nSPS) is 17.1. The lowest BCUT2D eigenvalue weighted by Gasteiger charge is -2.38. The van der Waals surface area contributed by atoms with Gasteiger partial charge >= 0.3 is 0 Å². The summed E-state index contributed by atoms with van der Waals surface area (Å²) in [6.45, 7) is 5.20. The quantitative estimate of drug-likeness (QED) is 0.322. The third kappa shape index (κ3) is 6.06. The molecule has 0 spiro atoms. The number of nitrogens with zero attached hydrogens (tertiary/aromatic N) is 1. The molecule has 1 aliphatic rings. The first kappa shape index (κ1) is 28.1. The summed E-state index contributed by atoms with van der Waals surface area (Å²) in [5.41, 5.74) is 2.56. The minimum atomic E-state index is -4.02. The number of hydrogen-bond donors (Lipinski definition) is 0. The zero-order valence-corrected chi connectivity index (χ0v) is 23.9. The van der Waals surface area contributed by atoms with E-state index in [4.69, 9.17) is 16.3 Å². The van der Waals surface area contributed by atoms with Crippen LogP contribution < -0.4 is 9.04 Å². The molecule has 3 aromatic rings. The molecular formula is C28H29ClFNO5S2. The highest BCUT2D eigenvalue weighted by atomic mass is 35.5. The van der Waals surface area contributed by atoms with Crippen molar-refractivity contribution in [3.63, 3.8) is 0 Å². The Morgan fingerprint density at radius 2 is 1.84 bits per heavy atom. The predicted octanol–water partition coefficient (Wildman–Crippen LogP) is 5.99. The number of rotatable bonds is 7. The van der Waals surface area contributed by atoms with E-state index in [0.717, 1.165) is 11.8 Å². The molecule has 0 saturated carbocycles. The van der Waals surface area contributed by atoms with Crippen molar-refractivity contribution in [1.29, 1.82) is 0 Å². The maximum atomic E-state index is 14.5. The van der Waals surface area contributed by atoms with Crippen LogP contribution in [-0.4, -0.2) is 41.5 Å². The second kappa shape index (κ2) is 10.7. The maximum absolute atomic E-state index is 14.5. The summed E-state index contributed by atoms with van der Waals surface area (Å²) in [4.78, 5) is 0.120. The largest absolute Gasteiger partial charge is 0.486 e. The molecule has 2 atom stereocenters. The number of fused-ring (bicyclic) bond motifs is 1. The fraction of sp³-hybridized carbons (Fsp3) is 0.286. The number of halogens is 2. The van der Waals surface area contributed by atoms with Gasteiger partial charge in [-0.25, -0.2) is 21.2 Å². The molecule has 1 aliphatic heterocycles. The van der Waals surface area contributed by atoms with Crippen molar-refractivity contribution in [3.8, 4) is 5.75 Å². The van der Waals surface area contributed by atoms with Crippen LogP contribution >= 0.6 is 11.6 Å². The summed E-state index contributed by atoms with van der Waals surface area (Å²) in [5, 5.41) is 0.270. The third-order valence-electron chi connectivity index (χ3n) is 6.39. The molecule has 0 bridgehead atoms. The van der Waals surface area contributed by atoms with Gasteiger partial charge in [-0.2, -0.15) is 0 Å². The molecule has 0 saturated heterocycles. The van der Waals surface area contributed by atoms with Crippen molar-refractivity contribution in [2.24, 2.45) is 5.92 Å². The van der Waals surface area contributed by atoms with Crippen molar-refractivity contribution in [1.82, 2.24) is 0 Å². The molecule has 0 aromatic heterocycles. The lowest BCUT2D eigenvalue weighted by Crippen LogP contribution is -2.47. The predicted molar refractivity (Wildman–Crippen MR) is 150 cm³/mol. The topological polar surface area (TPSA) is 80.8 Å². The number of allylic oxidation sites excluding steroid dienone is 1. The smallest absolute Gasteiger partial charge is 0.264 e. The Morgan fingerprint density at radius 1 is 1.13 bits per heavy atom. The lowest BCUT2D eigenvalue weighted by molar-refractivity contribution is 0.152. The highest BCUT2D eigenvalue weighted by Gasteiger charge is 2.37. The van der Waals surface area contributed by atoms with Crippen molar-refractivity contribution >= 4 is 48.8 Å². The van der Waals surface area contributed by atoms with E-state index in [9.17, 15) is 21.2 Å². The van der Waals surface area contributed by atoms with Gasteiger partial charge in [0, 0.05) is 17.7 Å². The van der Waals surface area contributed by atoms with Gasteiger partial charge < -0.3 is 4.74 Å². The van der Waals surface area contributed by atoms with Crippen molar-refractivity contribution in [2.75, 3.05) is 22.9 Å². The van der Waals surface area contributed by atoms with Crippen LogP contribution in [0.15, 0.2) is 65.6 Å². The van der Waals surface area contributed by atoms with Crippen LogP contribution in [0.3, 0.4) is 0 Å². The third-order valence-corrected chi connectivity index (χ3v) is 9.62. The minimum Gasteiger partial charge on any atom is -0.486 e. The molecule has 202 valence electrons. The van der Waals surface area contributed by atoms with Gasteiger partial charge in [0.15, 0.2) is 0 Å². The average Bonchev–Trinajstić information content (AvgIpc) is 2.82. The van der Waals surface area contributed by atoms with Gasteiger partial charge in [-0.05, 0) is 66.9 Å². The Kier molecular flexibility index (Phi) is 7.93. The maximum Gasteiger partial charge on any atom is 0.264 e. The summed E-state index contributed by atoms with van der Waals surface area (Å²) < 4.78 is 73.5. The van der Waals surface area contributed by atoms with Crippen LogP contribution in [0, 0.1) is 18.7 Å². The van der Waals surface area contributed by atoms with E-state index in [-0.39, 0.29) is 27.8 Å². The van der Waals surface area contributed by atoms with Gasteiger partial charge in [0.25, 0.3) is 10.0 Å². The number of benzene rings is 3. The van der Waals surface area contributed by atoms with Gasteiger partial charge in [-0.3, -0.25) is 4.31 Å². The Morgan fingerprint density at radius 3 is 2.50 bits per heavy atom. The minimum absolute atomic E-state index is 0.0642.